The average molecular weight is 508 g/mol. The Hall–Kier alpha value is -0.720. The maximum atomic E-state index is 12.2. The third kappa shape index (κ3) is 11.1. The first-order chi connectivity index (χ1) is 11.8. The molecule has 0 saturated heterocycles. The van der Waals surface area contributed by atoms with E-state index in [1.807, 2.05) is 24.8 Å². The van der Waals surface area contributed by atoms with Crippen LogP contribution in [0, 0.1) is 6.92 Å². The molecule has 0 aromatic carbocycles. The molecule has 1 aromatic heterocycles. The molecule has 11 heteroatoms. The fourth-order valence-electron chi connectivity index (χ4n) is 1.99. The highest BCUT2D eigenvalue weighted by atomic mass is 127. The van der Waals surface area contributed by atoms with Crippen molar-refractivity contribution >= 4 is 41.7 Å². The van der Waals surface area contributed by atoms with Crippen molar-refractivity contribution in [2.24, 2.45) is 12.0 Å². The van der Waals surface area contributed by atoms with Crippen molar-refractivity contribution in [1.29, 1.82) is 0 Å². The van der Waals surface area contributed by atoms with Gasteiger partial charge >= 0.3 is 6.18 Å². The minimum atomic E-state index is -4.09. The monoisotopic (exact) mass is 508 g/mol. The van der Waals surface area contributed by atoms with Crippen molar-refractivity contribution in [3.63, 3.8) is 0 Å². The van der Waals surface area contributed by atoms with Gasteiger partial charge in [-0.2, -0.15) is 24.9 Å². The van der Waals surface area contributed by atoms with E-state index in [9.17, 15) is 13.2 Å². The van der Waals surface area contributed by atoms with Gasteiger partial charge in [-0.1, -0.05) is 0 Å². The van der Waals surface area contributed by atoms with Crippen molar-refractivity contribution in [1.82, 2.24) is 25.4 Å². The van der Waals surface area contributed by atoms with Crippen molar-refractivity contribution in [3.05, 3.63) is 11.6 Å². The number of halogens is 4. The Balaban J connectivity index is 0.00000625. The lowest BCUT2D eigenvalue weighted by molar-refractivity contribution is -0.135. The smallest absolute Gasteiger partial charge is 0.356 e. The summed E-state index contributed by atoms with van der Waals surface area (Å²) in [7, 11) is 1.87. The average Bonchev–Trinajstić information content (AvgIpc) is 2.86. The number of aliphatic imine (C=N–C) groups is 1. The summed E-state index contributed by atoms with van der Waals surface area (Å²) in [4.78, 5) is 4.45. The molecular formula is C15H28F3IN6S. The Morgan fingerprint density at radius 1 is 1.15 bits per heavy atom. The van der Waals surface area contributed by atoms with Crippen LogP contribution >= 0.6 is 35.7 Å². The summed E-state index contributed by atoms with van der Waals surface area (Å²) >= 11 is 1.77. The highest BCUT2D eigenvalue weighted by Crippen LogP contribution is 2.21. The highest BCUT2D eigenvalue weighted by Gasteiger charge is 2.25. The van der Waals surface area contributed by atoms with Gasteiger partial charge in [-0.25, -0.2) is 4.99 Å². The van der Waals surface area contributed by atoms with Gasteiger partial charge in [-0.05, 0) is 38.2 Å². The lowest BCUT2D eigenvalue weighted by Crippen LogP contribution is -2.38. The number of hydrogen-bond donors (Lipinski definition) is 2. The molecule has 2 N–H and O–H groups in total. The van der Waals surface area contributed by atoms with E-state index >= 15 is 0 Å². The first-order valence-electron chi connectivity index (χ1n) is 8.26. The molecule has 0 bridgehead atoms. The number of guanidine groups is 1. The van der Waals surface area contributed by atoms with E-state index in [4.69, 9.17) is 0 Å². The molecule has 6 nitrogen and oxygen atoms in total. The zero-order valence-corrected chi connectivity index (χ0v) is 18.5. The van der Waals surface area contributed by atoms with Crippen LogP contribution in [0.15, 0.2) is 4.99 Å². The largest absolute Gasteiger partial charge is 0.389 e. The Morgan fingerprint density at radius 3 is 2.35 bits per heavy atom. The van der Waals surface area contributed by atoms with Gasteiger partial charge in [0.2, 0.25) is 0 Å². The molecule has 0 amide bonds. The van der Waals surface area contributed by atoms with E-state index in [0.29, 0.717) is 25.5 Å². The maximum absolute atomic E-state index is 12.2. The number of thioether (sulfide) groups is 1. The van der Waals surface area contributed by atoms with Crippen LogP contribution in [0.3, 0.4) is 0 Å². The third-order valence-corrected chi connectivity index (χ3v) is 4.26. The first-order valence-corrected chi connectivity index (χ1v) is 9.65. The van der Waals surface area contributed by atoms with Crippen LogP contribution in [0.2, 0.25) is 0 Å². The summed E-state index contributed by atoms with van der Waals surface area (Å²) in [6.07, 6.45) is -1.26. The molecule has 152 valence electrons. The van der Waals surface area contributed by atoms with E-state index in [1.54, 1.807) is 11.8 Å². The minimum absolute atomic E-state index is 0. The number of aryl methyl sites for hydroxylation is 1. The first kappa shape index (κ1) is 25.3. The number of unbranched alkanes of at least 4 members (excludes halogenated alkanes) is 1. The van der Waals surface area contributed by atoms with Crippen LogP contribution < -0.4 is 10.6 Å². The van der Waals surface area contributed by atoms with E-state index < -0.39 is 12.6 Å². The van der Waals surface area contributed by atoms with Crippen LogP contribution in [0.1, 0.15) is 37.3 Å². The van der Waals surface area contributed by atoms with Gasteiger partial charge in [-0.15, -0.1) is 34.2 Å². The molecule has 0 saturated carbocycles. The van der Waals surface area contributed by atoms with Gasteiger partial charge in [0.25, 0.3) is 0 Å². The standard InChI is InChI=1S/C15H27F3N6S.HI/c1-12-22-23-13(24(12)2)11-21-14(20-9-6-10-25-3)19-8-5-4-7-15(16,17)18;/h4-11H2,1-3H3,(H2,19,20,21);1H. The molecular weight excluding hydrogens is 480 g/mol. The van der Waals surface area contributed by atoms with E-state index in [-0.39, 0.29) is 30.4 Å². The molecule has 0 spiro atoms. The van der Waals surface area contributed by atoms with Crippen LogP contribution in [0.4, 0.5) is 13.2 Å². The molecule has 0 unspecified atom stereocenters. The predicted molar refractivity (Wildman–Crippen MR) is 111 cm³/mol. The maximum Gasteiger partial charge on any atom is 0.389 e. The van der Waals surface area contributed by atoms with Crippen LogP contribution in [0.25, 0.3) is 0 Å². The SMILES string of the molecule is CSCCCNC(=NCc1nnc(C)n1C)NCCCCC(F)(F)F.I. The van der Waals surface area contributed by atoms with E-state index in [1.165, 1.54) is 0 Å². The van der Waals surface area contributed by atoms with Gasteiger partial charge in [0.1, 0.15) is 12.4 Å². The number of rotatable bonds is 10. The topological polar surface area (TPSA) is 67.1 Å². The van der Waals surface area contributed by atoms with E-state index in [0.717, 1.165) is 30.4 Å². The molecule has 0 aliphatic rings. The number of alkyl halides is 3. The number of nitrogens with one attached hydrogen (secondary N) is 2. The molecule has 0 fully saturated rings. The zero-order valence-electron chi connectivity index (χ0n) is 15.4. The third-order valence-electron chi connectivity index (χ3n) is 3.56. The normalized spacial score (nSPS) is 12.0. The van der Waals surface area contributed by atoms with Crippen LogP contribution in [-0.2, 0) is 13.6 Å². The summed E-state index contributed by atoms with van der Waals surface area (Å²) < 4.78 is 38.3. The minimum Gasteiger partial charge on any atom is -0.356 e. The van der Waals surface area contributed by atoms with Gasteiger partial charge in [-0.3, -0.25) is 0 Å². The Morgan fingerprint density at radius 2 is 1.81 bits per heavy atom. The molecule has 0 radical (unpaired) electrons. The second-order valence-electron chi connectivity index (χ2n) is 5.66. The highest BCUT2D eigenvalue weighted by molar-refractivity contribution is 14.0. The number of aromatic nitrogens is 3. The fraction of sp³-hybridized carbons (Fsp3) is 0.800. The summed E-state index contributed by atoms with van der Waals surface area (Å²) in [5, 5.41) is 14.3. The van der Waals surface area contributed by atoms with Gasteiger partial charge < -0.3 is 15.2 Å². The molecule has 26 heavy (non-hydrogen) atoms. The molecule has 1 rings (SSSR count). The van der Waals surface area contributed by atoms with Crippen molar-refractivity contribution in [2.75, 3.05) is 25.1 Å². The van der Waals surface area contributed by atoms with Crippen molar-refractivity contribution in [3.8, 4) is 0 Å². The summed E-state index contributed by atoms with van der Waals surface area (Å²) in [6.45, 7) is 3.42. The van der Waals surface area contributed by atoms with E-state index in [2.05, 4.69) is 25.8 Å². The fourth-order valence-corrected chi connectivity index (χ4v) is 2.43. The summed E-state index contributed by atoms with van der Waals surface area (Å²) in [5.41, 5.74) is 0. The summed E-state index contributed by atoms with van der Waals surface area (Å²) in [5.74, 6) is 3.17. The molecule has 1 heterocycles. The zero-order chi connectivity index (χ0) is 18.7. The van der Waals surface area contributed by atoms with Crippen molar-refractivity contribution < 1.29 is 13.2 Å². The predicted octanol–water partition coefficient (Wildman–Crippen LogP) is 3.26. The van der Waals surface area contributed by atoms with Gasteiger partial charge in [0, 0.05) is 26.6 Å². The Labute approximate surface area is 174 Å². The number of hydrogen-bond acceptors (Lipinski definition) is 4. The number of nitrogens with zero attached hydrogens (tertiary/aromatic N) is 4. The van der Waals surface area contributed by atoms with Crippen LogP contribution in [0.5, 0.6) is 0 Å². The lowest BCUT2D eigenvalue weighted by Gasteiger charge is -2.13. The Bertz CT molecular complexity index is 536. The molecule has 0 aliphatic heterocycles. The molecule has 0 aliphatic carbocycles. The van der Waals surface area contributed by atoms with Gasteiger partial charge in [0.05, 0.1) is 0 Å². The quantitative estimate of drug-likeness (QED) is 0.220. The second-order valence-corrected chi connectivity index (χ2v) is 6.65. The Kier molecular flexibility index (Phi) is 13.1. The van der Waals surface area contributed by atoms with Gasteiger partial charge in [0.15, 0.2) is 11.8 Å². The van der Waals surface area contributed by atoms with Crippen LogP contribution in [-0.4, -0.2) is 52.0 Å². The van der Waals surface area contributed by atoms with Crippen molar-refractivity contribution in [2.45, 2.75) is 45.3 Å². The summed E-state index contributed by atoms with van der Waals surface area (Å²) in [6, 6.07) is 0. The second kappa shape index (κ2) is 13.4. The molecule has 1 aromatic rings. The molecule has 0 atom stereocenters. The lowest BCUT2D eigenvalue weighted by atomic mass is 10.2.